The first-order valence-electron chi connectivity index (χ1n) is 7.81. The molecule has 0 aliphatic carbocycles. The number of benzodiazepines with no additional fused rings is 1. The van der Waals surface area contributed by atoms with E-state index in [1.54, 1.807) is 39.3 Å². The minimum atomic E-state index is -0.0861. The molecule has 0 unspecified atom stereocenters. The third-order valence-corrected chi connectivity index (χ3v) is 4.23. The van der Waals surface area contributed by atoms with Gasteiger partial charge in [-0.05, 0) is 30.3 Å². The summed E-state index contributed by atoms with van der Waals surface area (Å²) in [5.41, 5.74) is 3.18. The molecule has 0 atom stereocenters. The van der Waals surface area contributed by atoms with E-state index >= 15 is 0 Å². The third kappa shape index (κ3) is 3.03. The van der Waals surface area contributed by atoms with Gasteiger partial charge in [-0.1, -0.05) is 0 Å². The van der Waals surface area contributed by atoms with Gasteiger partial charge in [0.2, 0.25) is 5.91 Å². The number of benzene rings is 2. The van der Waals surface area contributed by atoms with Crippen molar-refractivity contribution in [2.45, 2.75) is 0 Å². The van der Waals surface area contributed by atoms with Gasteiger partial charge in [0.25, 0.3) is 0 Å². The first-order chi connectivity index (χ1) is 12.1. The highest BCUT2D eigenvalue weighted by Gasteiger charge is 2.25. The van der Waals surface area contributed by atoms with E-state index in [2.05, 4.69) is 4.99 Å². The summed E-state index contributed by atoms with van der Waals surface area (Å²) in [6.45, 7) is 0.0805. The number of amides is 1. The molecule has 2 aromatic carbocycles. The van der Waals surface area contributed by atoms with Crippen molar-refractivity contribution in [1.29, 1.82) is 0 Å². The molecule has 1 aliphatic rings. The molecule has 0 saturated heterocycles. The highest BCUT2D eigenvalue weighted by molar-refractivity contribution is 6.19. The zero-order chi connectivity index (χ0) is 18.0. The number of carbonyl (C=O) groups is 1. The third-order valence-electron chi connectivity index (χ3n) is 4.23. The average Bonchev–Trinajstić information content (AvgIpc) is 2.78. The molecule has 1 amide bonds. The van der Waals surface area contributed by atoms with E-state index < -0.39 is 0 Å². The Labute approximate surface area is 146 Å². The van der Waals surface area contributed by atoms with Crippen LogP contribution in [0.2, 0.25) is 0 Å². The SMILES string of the molecule is COc1ccc(C2=NCC(=O)N(C)c3cc(OC)c(OC)cc32)cc1. The summed E-state index contributed by atoms with van der Waals surface area (Å²) < 4.78 is 16.0. The van der Waals surface area contributed by atoms with Crippen LogP contribution in [0.25, 0.3) is 0 Å². The number of rotatable bonds is 4. The largest absolute Gasteiger partial charge is 0.497 e. The Morgan fingerprint density at radius 1 is 0.960 bits per heavy atom. The predicted octanol–water partition coefficient (Wildman–Crippen LogP) is 2.53. The Hall–Kier alpha value is -3.02. The number of nitrogens with zero attached hydrogens (tertiary/aromatic N) is 2. The van der Waals surface area contributed by atoms with Gasteiger partial charge in [0, 0.05) is 24.2 Å². The zero-order valence-corrected chi connectivity index (χ0v) is 14.7. The van der Waals surface area contributed by atoms with E-state index in [9.17, 15) is 4.79 Å². The number of aliphatic imine (C=N–C) groups is 1. The Bertz CT molecular complexity index is 828. The van der Waals surface area contributed by atoms with Crippen LogP contribution in [0.1, 0.15) is 11.1 Å². The molecular weight excluding hydrogens is 320 g/mol. The molecule has 3 rings (SSSR count). The quantitative estimate of drug-likeness (QED) is 0.858. The average molecular weight is 340 g/mol. The minimum absolute atomic E-state index is 0.0805. The van der Waals surface area contributed by atoms with Crippen molar-refractivity contribution in [3.8, 4) is 17.2 Å². The molecule has 6 heteroatoms. The lowest BCUT2D eigenvalue weighted by atomic mass is 9.99. The fourth-order valence-corrected chi connectivity index (χ4v) is 2.80. The highest BCUT2D eigenvalue weighted by atomic mass is 16.5. The molecule has 0 spiro atoms. The van der Waals surface area contributed by atoms with Crippen LogP contribution in [0.3, 0.4) is 0 Å². The monoisotopic (exact) mass is 340 g/mol. The molecule has 0 N–H and O–H groups in total. The lowest BCUT2D eigenvalue weighted by Gasteiger charge is -2.20. The lowest BCUT2D eigenvalue weighted by Crippen LogP contribution is -2.27. The number of anilines is 1. The molecule has 130 valence electrons. The molecular formula is C19H20N2O4. The van der Waals surface area contributed by atoms with Crippen molar-refractivity contribution in [1.82, 2.24) is 0 Å². The van der Waals surface area contributed by atoms with Gasteiger partial charge in [-0.15, -0.1) is 0 Å². The van der Waals surface area contributed by atoms with Gasteiger partial charge >= 0.3 is 0 Å². The number of methoxy groups -OCH3 is 3. The first kappa shape index (κ1) is 16.8. The van der Waals surface area contributed by atoms with Crippen LogP contribution in [0.4, 0.5) is 5.69 Å². The summed E-state index contributed by atoms with van der Waals surface area (Å²) in [6, 6.07) is 11.2. The fraction of sp³-hybridized carbons (Fsp3) is 0.263. The summed E-state index contributed by atoms with van der Waals surface area (Å²) in [6.07, 6.45) is 0. The number of hydrogen-bond acceptors (Lipinski definition) is 5. The molecule has 0 radical (unpaired) electrons. The second kappa shape index (κ2) is 6.84. The number of fused-ring (bicyclic) bond motifs is 1. The van der Waals surface area contributed by atoms with Crippen molar-refractivity contribution < 1.29 is 19.0 Å². The number of ether oxygens (including phenoxy) is 3. The Morgan fingerprint density at radius 2 is 1.60 bits per heavy atom. The van der Waals surface area contributed by atoms with E-state index in [1.807, 2.05) is 30.3 Å². The van der Waals surface area contributed by atoms with Crippen molar-refractivity contribution in [2.75, 3.05) is 39.8 Å². The van der Waals surface area contributed by atoms with Crippen LogP contribution in [0.5, 0.6) is 17.2 Å². The zero-order valence-electron chi connectivity index (χ0n) is 14.7. The van der Waals surface area contributed by atoms with E-state index in [4.69, 9.17) is 14.2 Å². The van der Waals surface area contributed by atoms with Crippen LogP contribution >= 0.6 is 0 Å². The van der Waals surface area contributed by atoms with Crippen molar-refractivity contribution >= 4 is 17.3 Å². The van der Waals surface area contributed by atoms with Crippen LogP contribution in [0, 0.1) is 0 Å². The number of carbonyl (C=O) groups excluding carboxylic acids is 1. The van der Waals surface area contributed by atoms with Crippen molar-refractivity contribution in [3.63, 3.8) is 0 Å². The lowest BCUT2D eigenvalue weighted by molar-refractivity contribution is -0.116. The molecule has 2 aromatic rings. The van der Waals surface area contributed by atoms with Gasteiger partial charge in [0.05, 0.1) is 32.7 Å². The van der Waals surface area contributed by atoms with Gasteiger partial charge in [-0.25, -0.2) is 0 Å². The van der Waals surface area contributed by atoms with Gasteiger partial charge in [0.15, 0.2) is 11.5 Å². The van der Waals surface area contributed by atoms with Crippen LogP contribution in [0.15, 0.2) is 41.4 Å². The second-order valence-electron chi connectivity index (χ2n) is 5.57. The Morgan fingerprint density at radius 3 is 2.20 bits per heavy atom. The molecule has 1 aliphatic heterocycles. The molecule has 0 saturated carbocycles. The second-order valence-corrected chi connectivity index (χ2v) is 5.57. The van der Waals surface area contributed by atoms with Gasteiger partial charge < -0.3 is 19.1 Å². The molecule has 1 heterocycles. The van der Waals surface area contributed by atoms with Crippen LogP contribution in [-0.4, -0.2) is 46.5 Å². The maximum Gasteiger partial charge on any atom is 0.248 e. The van der Waals surface area contributed by atoms with Gasteiger partial charge in [0.1, 0.15) is 12.3 Å². The highest BCUT2D eigenvalue weighted by Crippen LogP contribution is 2.37. The van der Waals surface area contributed by atoms with E-state index in [0.29, 0.717) is 11.5 Å². The normalized spacial score (nSPS) is 13.7. The maximum atomic E-state index is 12.3. The fourth-order valence-electron chi connectivity index (χ4n) is 2.80. The van der Waals surface area contributed by atoms with E-state index in [-0.39, 0.29) is 12.5 Å². The number of likely N-dealkylation sites (N-methyl/N-ethyl adjacent to an activating group) is 1. The van der Waals surface area contributed by atoms with Crippen LogP contribution < -0.4 is 19.1 Å². The van der Waals surface area contributed by atoms with Crippen molar-refractivity contribution in [3.05, 3.63) is 47.5 Å². The maximum absolute atomic E-state index is 12.3. The Kier molecular flexibility index (Phi) is 4.61. The summed E-state index contributed by atoms with van der Waals surface area (Å²) in [7, 11) is 6.51. The number of hydrogen-bond donors (Lipinski definition) is 0. The molecule has 0 fully saturated rings. The van der Waals surface area contributed by atoms with E-state index in [1.165, 1.54) is 0 Å². The van der Waals surface area contributed by atoms with E-state index in [0.717, 1.165) is 28.3 Å². The summed E-state index contributed by atoms with van der Waals surface area (Å²) >= 11 is 0. The van der Waals surface area contributed by atoms with Crippen LogP contribution in [-0.2, 0) is 4.79 Å². The van der Waals surface area contributed by atoms with Gasteiger partial charge in [-0.2, -0.15) is 0 Å². The molecule has 0 aromatic heterocycles. The van der Waals surface area contributed by atoms with Crippen molar-refractivity contribution in [2.24, 2.45) is 4.99 Å². The molecule has 0 bridgehead atoms. The summed E-state index contributed by atoms with van der Waals surface area (Å²) in [4.78, 5) is 18.5. The summed E-state index contributed by atoms with van der Waals surface area (Å²) in [5, 5.41) is 0. The predicted molar refractivity (Wildman–Crippen MR) is 96.5 cm³/mol. The molecule has 25 heavy (non-hydrogen) atoms. The molecule has 6 nitrogen and oxygen atoms in total. The van der Waals surface area contributed by atoms with Gasteiger partial charge in [-0.3, -0.25) is 9.79 Å². The first-order valence-corrected chi connectivity index (χ1v) is 7.81. The topological polar surface area (TPSA) is 60.4 Å². The smallest absolute Gasteiger partial charge is 0.248 e. The standard InChI is InChI=1S/C19H20N2O4/c1-21-15-10-17(25-4)16(24-3)9-14(15)19(20-11-18(21)22)12-5-7-13(23-2)8-6-12/h5-10H,11H2,1-4H3. The summed E-state index contributed by atoms with van der Waals surface area (Å²) in [5.74, 6) is 1.83. The minimum Gasteiger partial charge on any atom is -0.497 e. The Balaban J connectivity index is 2.20.